The van der Waals surface area contributed by atoms with Gasteiger partial charge >= 0.3 is 0 Å². The molecule has 2 amide bonds. The average molecular weight is 840 g/mol. The van der Waals surface area contributed by atoms with Crippen molar-refractivity contribution in [1.82, 2.24) is 4.98 Å². The van der Waals surface area contributed by atoms with Crippen LogP contribution in [0.4, 0.5) is 22.9 Å². The van der Waals surface area contributed by atoms with Crippen LogP contribution in [0.25, 0.3) is 11.1 Å². The highest BCUT2D eigenvalue weighted by Crippen LogP contribution is 2.38. The molecule has 4 N–H and O–H groups in total. The molecule has 7 aromatic rings. The fourth-order valence-corrected chi connectivity index (χ4v) is 9.76. The third kappa shape index (κ3) is 8.67. The second-order valence-electron chi connectivity index (χ2n) is 12.1. The molecule has 8 rings (SSSR count). The molecule has 0 spiro atoms. The van der Waals surface area contributed by atoms with E-state index in [0.717, 1.165) is 23.3 Å². The monoisotopic (exact) mass is 839 g/mol. The Morgan fingerprint density at radius 3 is 1.71 bits per heavy atom. The van der Waals surface area contributed by atoms with Crippen molar-refractivity contribution in [2.45, 2.75) is 16.2 Å². The van der Waals surface area contributed by atoms with Gasteiger partial charge in [0.25, 0.3) is 31.9 Å². The predicted octanol–water partition coefficient (Wildman–Crippen LogP) is 9.22. The van der Waals surface area contributed by atoms with E-state index in [2.05, 4.69) is 37.2 Å². The fourth-order valence-electron chi connectivity index (χ4n) is 5.79. The van der Waals surface area contributed by atoms with Gasteiger partial charge in [0.1, 0.15) is 9.75 Å². The number of hydrogen-bond donors (Lipinski definition) is 4. The summed E-state index contributed by atoms with van der Waals surface area (Å²) >= 11 is 8.27. The van der Waals surface area contributed by atoms with Gasteiger partial charge in [0.15, 0.2) is 5.82 Å². The van der Waals surface area contributed by atoms with Crippen molar-refractivity contribution in [2.75, 3.05) is 20.1 Å². The number of anilines is 4. The van der Waals surface area contributed by atoms with Crippen LogP contribution in [0.2, 0.25) is 5.02 Å². The number of nitrogens with one attached hydrogen (secondary N) is 4. The fraction of sp³-hybridized carbons (Fsp3) is 0.0250. The molecule has 3 aromatic heterocycles. The molecule has 0 atom stereocenters. The van der Waals surface area contributed by atoms with Gasteiger partial charge in [-0.25, -0.2) is 21.8 Å². The zero-order chi connectivity index (χ0) is 39.3. The molecule has 11 nitrogen and oxygen atoms in total. The minimum absolute atomic E-state index is 0.111. The second-order valence-corrected chi connectivity index (χ2v) is 17.7. The number of halogens is 1. The zero-order valence-electron chi connectivity index (χ0n) is 29.0. The normalized spacial score (nSPS) is 11.7. The molecular formula is C40H30ClN5O6S4. The summed E-state index contributed by atoms with van der Waals surface area (Å²) in [6.45, 7) is 0. The van der Waals surface area contributed by atoms with E-state index < -0.39 is 26.0 Å². The van der Waals surface area contributed by atoms with Gasteiger partial charge < -0.3 is 10.6 Å². The Bertz CT molecular complexity index is 2780. The summed E-state index contributed by atoms with van der Waals surface area (Å²) in [6.07, 6.45) is 2.32. The molecule has 0 saturated heterocycles. The van der Waals surface area contributed by atoms with Crippen molar-refractivity contribution in [3.63, 3.8) is 0 Å². The van der Waals surface area contributed by atoms with E-state index in [4.69, 9.17) is 11.6 Å². The number of carbonyl (C=O) groups excluding carboxylic acids is 2. The first-order valence-corrected chi connectivity index (χ1v) is 21.8. The van der Waals surface area contributed by atoms with Gasteiger partial charge in [0.2, 0.25) is 0 Å². The van der Waals surface area contributed by atoms with Gasteiger partial charge in [-0.3, -0.25) is 19.0 Å². The van der Waals surface area contributed by atoms with E-state index in [9.17, 15) is 26.4 Å². The van der Waals surface area contributed by atoms with E-state index >= 15 is 0 Å². The minimum Gasteiger partial charge on any atom is -0.321 e. The molecule has 0 bridgehead atoms. The second kappa shape index (κ2) is 16.5. The predicted molar refractivity (Wildman–Crippen MR) is 223 cm³/mol. The Hall–Kier alpha value is -5.84. The largest absolute Gasteiger partial charge is 0.321 e. The maximum atomic E-state index is 12.9. The van der Waals surface area contributed by atoms with Crippen LogP contribution in [-0.2, 0) is 26.5 Å². The van der Waals surface area contributed by atoms with E-state index in [1.807, 2.05) is 30.3 Å². The number of fused-ring (bicyclic) bond motifs is 3. The number of benzene rings is 4. The van der Waals surface area contributed by atoms with E-state index in [0.29, 0.717) is 15.6 Å². The van der Waals surface area contributed by atoms with Gasteiger partial charge in [-0.15, -0.1) is 22.7 Å². The van der Waals surface area contributed by atoms with Gasteiger partial charge in [0.05, 0.1) is 26.2 Å². The van der Waals surface area contributed by atoms with Crippen molar-refractivity contribution in [2.24, 2.45) is 0 Å². The van der Waals surface area contributed by atoms with Crippen molar-refractivity contribution in [3.8, 4) is 11.1 Å². The Morgan fingerprint density at radius 2 is 1.12 bits per heavy atom. The summed E-state index contributed by atoms with van der Waals surface area (Å²) in [5.41, 5.74) is 5.99. The number of rotatable bonds is 10. The summed E-state index contributed by atoms with van der Waals surface area (Å²) < 4.78 is 55.0. The first kappa shape index (κ1) is 38.4. The average Bonchev–Trinajstić information content (AvgIpc) is 3.95. The molecule has 282 valence electrons. The van der Waals surface area contributed by atoms with E-state index in [1.54, 1.807) is 65.4 Å². The molecule has 0 fully saturated rings. The molecule has 16 heteroatoms. The third-order valence-electron chi connectivity index (χ3n) is 8.38. The molecule has 0 radical (unpaired) electrons. The van der Waals surface area contributed by atoms with Gasteiger partial charge in [-0.2, -0.15) is 0 Å². The zero-order valence-corrected chi connectivity index (χ0v) is 33.0. The molecule has 1 aliphatic carbocycles. The maximum Gasteiger partial charge on any atom is 0.269 e. The van der Waals surface area contributed by atoms with Crippen LogP contribution in [0.5, 0.6) is 0 Å². The number of nitrogens with zero attached hydrogens (tertiary/aromatic N) is 1. The highest BCUT2D eigenvalue weighted by Gasteiger charge is 2.23. The van der Waals surface area contributed by atoms with Gasteiger partial charge in [-0.05, 0) is 100 Å². The van der Waals surface area contributed by atoms with Gasteiger partial charge in [0, 0.05) is 11.9 Å². The SMILES string of the molecule is O=C(Nc1ccc2c(c1)Cc1ccccc1-2)c1sccc1NS(=O)(=O)c1ccccc1.O=C(Nc1ncccc1Cl)c1sccc1NS(=O)(=O)c1ccccc1. The van der Waals surface area contributed by atoms with Gasteiger partial charge in [-0.1, -0.05) is 78.3 Å². The highest BCUT2D eigenvalue weighted by molar-refractivity contribution is 7.93. The van der Waals surface area contributed by atoms with E-state index in [-0.39, 0.29) is 37.8 Å². The van der Waals surface area contributed by atoms with Crippen molar-refractivity contribution in [3.05, 3.63) is 170 Å². The van der Waals surface area contributed by atoms with Crippen molar-refractivity contribution >= 4 is 89.0 Å². The third-order valence-corrected chi connectivity index (χ3v) is 13.3. The van der Waals surface area contributed by atoms with Crippen LogP contribution >= 0.6 is 34.3 Å². The molecule has 3 heterocycles. The summed E-state index contributed by atoms with van der Waals surface area (Å²) in [7, 11) is -7.56. The number of hydrogen-bond acceptors (Lipinski definition) is 9. The van der Waals surface area contributed by atoms with Crippen LogP contribution in [0.1, 0.15) is 30.5 Å². The molecule has 0 aliphatic heterocycles. The number of pyridine rings is 1. The van der Waals surface area contributed by atoms with E-state index in [1.165, 1.54) is 64.6 Å². The minimum atomic E-state index is -3.79. The lowest BCUT2D eigenvalue weighted by molar-refractivity contribution is 0.102. The Morgan fingerprint density at radius 1 is 0.589 bits per heavy atom. The molecule has 0 unspecified atom stereocenters. The lowest BCUT2D eigenvalue weighted by Crippen LogP contribution is -2.17. The quantitative estimate of drug-likeness (QED) is 0.107. The van der Waals surface area contributed by atoms with Crippen molar-refractivity contribution < 1.29 is 26.4 Å². The number of amides is 2. The smallest absolute Gasteiger partial charge is 0.269 e. The lowest BCUT2D eigenvalue weighted by Gasteiger charge is -2.10. The lowest BCUT2D eigenvalue weighted by atomic mass is 10.1. The molecule has 4 aromatic carbocycles. The van der Waals surface area contributed by atoms with Crippen LogP contribution in [-0.4, -0.2) is 33.6 Å². The molecule has 1 aliphatic rings. The van der Waals surface area contributed by atoms with Crippen LogP contribution in [0.15, 0.2) is 154 Å². The first-order chi connectivity index (χ1) is 27.0. The topological polar surface area (TPSA) is 163 Å². The Balaban J connectivity index is 0.000000176. The molecular weight excluding hydrogens is 810 g/mol. The molecule has 0 saturated carbocycles. The Labute approximate surface area is 336 Å². The number of aromatic nitrogens is 1. The molecule has 56 heavy (non-hydrogen) atoms. The summed E-state index contributed by atoms with van der Waals surface area (Å²) in [5.74, 6) is -0.642. The van der Waals surface area contributed by atoms with Crippen LogP contribution in [0.3, 0.4) is 0 Å². The summed E-state index contributed by atoms with van der Waals surface area (Å²) in [6, 6.07) is 36.5. The highest BCUT2D eigenvalue weighted by atomic mass is 35.5. The van der Waals surface area contributed by atoms with Crippen LogP contribution < -0.4 is 20.1 Å². The number of thiophene rings is 2. The standard InChI is InChI=1S/C24H18N2O3S2.C16H12ClN3O3S2/c27-24(23-22(12-13-30-23)26-31(28,29)19-7-2-1-3-8-19)25-18-10-11-21-17(15-18)14-16-6-4-5-9-20(16)21;17-12-7-4-9-18-15(12)19-16(21)14-13(8-10-24-14)20-25(22,23)11-5-2-1-3-6-11/h1-13,15,26H,14H2,(H,25,27);1-10,20H,(H,18,19,21). The summed E-state index contributed by atoms with van der Waals surface area (Å²) in [4.78, 5) is 30.1. The first-order valence-electron chi connectivity index (χ1n) is 16.7. The number of carbonyl (C=O) groups is 2. The van der Waals surface area contributed by atoms with Crippen molar-refractivity contribution in [1.29, 1.82) is 0 Å². The maximum absolute atomic E-state index is 12.9. The number of sulfonamides is 2. The summed E-state index contributed by atoms with van der Waals surface area (Å²) in [5, 5.41) is 9.08. The Kier molecular flexibility index (Phi) is 11.3. The van der Waals surface area contributed by atoms with Crippen LogP contribution in [0, 0.1) is 0 Å².